The summed E-state index contributed by atoms with van der Waals surface area (Å²) in [6, 6.07) is 0. The van der Waals surface area contributed by atoms with Crippen LogP contribution in [0.3, 0.4) is 0 Å². The van der Waals surface area contributed by atoms with E-state index in [0.29, 0.717) is 6.42 Å². The monoisotopic (exact) mass is 169 g/mol. The van der Waals surface area contributed by atoms with Crippen molar-refractivity contribution in [3.63, 3.8) is 0 Å². The zero-order chi connectivity index (χ0) is 8.81. The number of nitrogens with zero attached hydrogens (tertiary/aromatic N) is 1. The molecule has 1 radical (unpaired) electrons. The highest BCUT2D eigenvalue weighted by Gasteiger charge is 2.09. The first-order valence-corrected chi connectivity index (χ1v) is 4.76. The van der Waals surface area contributed by atoms with Gasteiger partial charge in [0.2, 0.25) is 5.91 Å². The molecule has 12 heavy (non-hydrogen) atoms. The number of carbonyl (C=O) groups excluding carboxylic acids is 1. The Labute approximate surface area is 73.9 Å². The Morgan fingerprint density at radius 2 is 1.92 bits per heavy atom. The van der Waals surface area contributed by atoms with E-state index in [4.69, 9.17) is 5.73 Å². The molecule has 0 unspecified atom stereocenters. The third-order valence-corrected chi connectivity index (χ3v) is 2.33. The molecule has 0 saturated carbocycles. The molecule has 1 saturated heterocycles. The minimum absolute atomic E-state index is 0.424. The summed E-state index contributed by atoms with van der Waals surface area (Å²) in [6.45, 7) is 3.38. The quantitative estimate of drug-likeness (QED) is 0.631. The molecule has 1 fully saturated rings. The van der Waals surface area contributed by atoms with E-state index in [1.54, 1.807) is 0 Å². The van der Waals surface area contributed by atoms with Crippen molar-refractivity contribution in [2.24, 2.45) is 0 Å². The van der Waals surface area contributed by atoms with Gasteiger partial charge in [-0.25, -0.2) is 0 Å². The lowest BCUT2D eigenvalue weighted by Gasteiger charge is -2.25. The van der Waals surface area contributed by atoms with Gasteiger partial charge in [-0.3, -0.25) is 10.5 Å². The number of likely N-dealkylation sites (tertiary alicyclic amines) is 1. The van der Waals surface area contributed by atoms with Crippen LogP contribution in [0.2, 0.25) is 0 Å². The van der Waals surface area contributed by atoms with Crippen molar-refractivity contribution in [3.05, 3.63) is 0 Å². The van der Waals surface area contributed by atoms with Crippen molar-refractivity contribution < 1.29 is 4.79 Å². The molecule has 1 aliphatic rings. The van der Waals surface area contributed by atoms with Crippen molar-refractivity contribution in [2.75, 3.05) is 19.6 Å². The maximum Gasteiger partial charge on any atom is 0.238 e. The number of nitrogens with one attached hydrogen (secondary N) is 1. The smallest absolute Gasteiger partial charge is 0.238 e. The molecule has 3 nitrogen and oxygen atoms in total. The third kappa shape index (κ3) is 3.72. The largest absolute Gasteiger partial charge is 0.303 e. The first-order chi connectivity index (χ1) is 5.79. The molecule has 0 atom stereocenters. The molecule has 1 rings (SSSR count). The zero-order valence-corrected chi connectivity index (χ0v) is 7.51. The zero-order valence-electron chi connectivity index (χ0n) is 7.51. The number of rotatable bonds is 4. The number of piperidine rings is 1. The highest BCUT2D eigenvalue weighted by Crippen LogP contribution is 2.08. The molecule has 1 heterocycles. The molecule has 0 aromatic carbocycles. The van der Waals surface area contributed by atoms with Gasteiger partial charge in [-0.05, 0) is 38.9 Å². The van der Waals surface area contributed by atoms with E-state index in [2.05, 4.69) is 4.90 Å². The van der Waals surface area contributed by atoms with Crippen LogP contribution in [-0.2, 0) is 4.79 Å². The van der Waals surface area contributed by atoms with Crippen LogP contribution >= 0.6 is 0 Å². The van der Waals surface area contributed by atoms with Crippen LogP contribution in [-0.4, -0.2) is 30.4 Å². The van der Waals surface area contributed by atoms with E-state index in [1.165, 1.54) is 32.4 Å². The summed E-state index contributed by atoms with van der Waals surface area (Å²) in [5.74, 6) is -0.424. The first-order valence-electron chi connectivity index (χ1n) is 4.76. The van der Waals surface area contributed by atoms with Crippen LogP contribution in [0.5, 0.6) is 0 Å². The van der Waals surface area contributed by atoms with Crippen LogP contribution in [0.15, 0.2) is 0 Å². The Morgan fingerprint density at radius 1 is 1.25 bits per heavy atom. The van der Waals surface area contributed by atoms with Crippen molar-refractivity contribution in [1.82, 2.24) is 10.6 Å². The Bertz CT molecular complexity index is 141. The van der Waals surface area contributed by atoms with E-state index in [1.807, 2.05) is 0 Å². The highest BCUT2D eigenvalue weighted by atomic mass is 16.1. The predicted molar refractivity (Wildman–Crippen MR) is 47.6 cm³/mol. The number of hydrogen-bond acceptors (Lipinski definition) is 2. The van der Waals surface area contributed by atoms with Crippen molar-refractivity contribution in [1.29, 1.82) is 0 Å². The molecule has 0 aliphatic carbocycles. The molecular formula is C9H17N2O. The predicted octanol–water partition coefficient (Wildman–Crippen LogP) is 1.06. The second-order valence-corrected chi connectivity index (χ2v) is 3.43. The Morgan fingerprint density at radius 3 is 2.50 bits per heavy atom. The maximum atomic E-state index is 10.3. The highest BCUT2D eigenvalue weighted by molar-refractivity contribution is 5.72. The maximum absolute atomic E-state index is 10.3. The first kappa shape index (κ1) is 9.52. The average Bonchev–Trinajstić information content (AvgIpc) is 2.05. The summed E-state index contributed by atoms with van der Waals surface area (Å²) < 4.78 is 0. The van der Waals surface area contributed by atoms with E-state index < -0.39 is 5.91 Å². The topological polar surface area (TPSA) is 44.1 Å². The average molecular weight is 169 g/mol. The fourth-order valence-corrected chi connectivity index (χ4v) is 1.65. The van der Waals surface area contributed by atoms with Gasteiger partial charge in [0, 0.05) is 6.42 Å². The summed E-state index contributed by atoms with van der Waals surface area (Å²) >= 11 is 0. The van der Waals surface area contributed by atoms with Gasteiger partial charge >= 0.3 is 0 Å². The normalized spacial score (nSPS) is 19.3. The number of hydrogen-bond donors (Lipinski definition) is 0. The van der Waals surface area contributed by atoms with Gasteiger partial charge in [-0.1, -0.05) is 6.42 Å². The Balaban J connectivity index is 2.01. The number of amides is 1. The van der Waals surface area contributed by atoms with Gasteiger partial charge in [-0.15, -0.1) is 0 Å². The summed E-state index contributed by atoms with van der Waals surface area (Å²) in [5, 5.41) is 0. The van der Waals surface area contributed by atoms with E-state index in [-0.39, 0.29) is 0 Å². The van der Waals surface area contributed by atoms with Crippen LogP contribution in [0.4, 0.5) is 0 Å². The van der Waals surface area contributed by atoms with Gasteiger partial charge in [0.1, 0.15) is 0 Å². The van der Waals surface area contributed by atoms with Crippen LogP contribution in [0, 0.1) is 0 Å². The van der Waals surface area contributed by atoms with Gasteiger partial charge in [-0.2, -0.15) is 0 Å². The lowest BCUT2D eigenvalue weighted by Crippen LogP contribution is -2.30. The molecule has 3 heteroatoms. The summed E-state index contributed by atoms with van der Waals surface area (Å²) in [7, 11) is 0. The lowest BCUT2D eigenvalue weighted by atomic mass is 10.1. The molecule has 1 amide bonds. The molecule has 0 bridgehead atoms. The molecule has 69 valence electrons. The Hall–Kier alpha value is -0.570. The standard InChI is InChI=1S/C9H17N2O/c10-9(12)5-4-8-11-6-2-1-3-7-11/h10H,1-8H2. The van der Waals surface area contributed by atoms with Gasteiger partial charge in [0.15, 0.2) is 0 Å². The fraction of sp³-hybridized carbons (Fsp3) is 0.889. The fourth-order valence-electron chi connectivity index (χ4n) is 1.65. The third-order valence-electron chi connectivity index (χ3n) is 2.33. The van der Waals surface area contributed by atoms with Gasteiger partial charge in [0.05, 0.1) is 0 Å². The second-order valence-electron chi connectivity index (χ2n) is 3.43. The SMILES string of the molecule is [NH]C(=O)CCCN1CCCCC1. The van der Waals surface area contributed by atoms with E-state index >= 15 is 0 Å². The van der Waals surface area contributed by atoms with Crippen molar-refractivity contribution in [3.8, 4) is 0 Å². The molecule has 0 aromatic rings. The summed E-state index contributed by atoms with van der Waals surface area (Å²) in [4.78, 5) is 12.7. The van der Waals surface area contributed by atoms with E-state index in [9.17, 15) is 4.79 Å². The second kappa shape index (κ2) is 5.14. The van der Waals surface area contributed by atoms with Crippen LogP contribution in [0.25, 0.3) is 0 Å². The minimum atomic E-state index is -0.424. The Kier molecular flexibility index (Phi) is 4.08. The van der Waals surface area contributed by atoms with Crippen LogP contribution < -0.4 is 5.73 Å². The van der Waals surface area contributed by atoms with Gasteiger partial charge in [0.25, 0.3) is 0 Å². The molecule has 1 N–H and O–H groups in total. The molecule has 0 aromatic heterocycles. The van der Waals surface area contributed by atoms with E-state index in [0.717, 1.165) is 13.0 Å². The van der Waals surface area contributed by atoms with Crippen molar-refractivity contribution in [2.45, 2.75) is 32.1 Å². The lowest BCUT2D eigenvalue weighted by molar-refractivity contribution is -0.118. The molecule has 0 spiro atoms. The van der Waals surface area contributed by atoms with Crippen LogP contribution in [0.1, 0.15) is 32.1 Å². The van der Waals surface area contributed by atoms with Crippen molar-refractivity contribution >= 4 is 5.91 Å². The molecular weight excluding hydrogens is 152 g/mol. The summed E-state index contributed by atoms with van der Waals surface area (Å²) in [5.41, 5.74) is 6.74. The minimum Gasteiger partial charge on any atom is -0.303 e. The molecule has 1 aliphatic heterocycles. The van der Waals surface area contributed by atoms with Gasteiger partial charge < -0.3 is 4.90 Å². The number of carbonyl (C=O) groups is 1. The summed E-state index contributed by atoms with van der Waals surface area (Å²) in [6.07, 6.45) is 5.25.